The van der Waals surface area contributed by atoms with Gasteiger partial charge in [0.25, 0.3) is 0 Å². The molecule has 1 atom stereocenters. The maximum atomic E-state index is 12.2. The second-order valence-electron chi connectivity index (χ2n) is 6.48. The van der Waals surface area contributed by atoms with Gasteiger partial charge < -0.3 is 15.0 Å². The van der Waals surface area contributed by atoms with Crippen molar-refractivity contribution in [1.82, 2.24) is 4.90 Å². The highest BCUT2D eigenvalue weighted by Crippen LogP contribution is 2.26. The topological polar surface area (TPSA) is 41.6 Å². The number of nitrogens with one attached hydrogen (secondary N) is 1. The van der Waals surface area contributed by atoms with Crippen molar-refractivity contribution < 1.29 is 9.53 Å². The summed E-state index contributed by atoms with van der Waals surface area (Å²) >= 11 is 9.46. The fourth-order valence-electron chi connectivity index (χ4n) is 2.45. The summed E-state index contributed by atoms with van der Waals surface area (Å²) in [5.74, 6) is 0. The van der Waals surface area contributed by atoms with Crippen molar-refractivity contribution in [2.24, 2.45) is 0 Å². The number of likely N-dealkylation sites (tertiary alicyclic amines) is 1. The number of carbonyl (C=O) groups excluding carboxylic acids is 1. The Balaban J connectivity index is 1.93. The number of benzene rings is 1. The molecule has 1 heterocycles. The summed E-state index contributed by atoms with van der Waals surface area (Å²) in [5, 5.41) is 4.01. The Kier molecular flexibility index (Phi) is 5.61. The summed E-state index contributed by atoms with van der Waals surface area (Å²) in [4.78, 5) is 14.0. The second-order valence-corrected chi connectivity index (χ2v) is 7.74. The van der Waals surface area contributed by atoms with Crippen LogP contribution >= 0.6 is 27.5 Å². The molecule has 1 saturated heterocycles. The van der Waals surface area contributed by atoms with Crippen LogP contribution < -0.4 is 5.32 Å². The highest BCUT2D eigenvalue weighted by atomic mass is 79.9. The minimum Gasteiger partial charge on any atom is -0.444 e. The first-order chi connectivity index (χ1) is 10.3. The Morgan fingerprint density at radius 2 is 2.23 bits per heavy atom. The lowest BCUT2D eigenvalue weighted by atomic mass is 10.2. The third kappa shape index (κ3) is 4.78. The largest absolute Gasteiger partial charge is 0.444 e. The van der Waals surface area contributed by atoms with Crippen LogP contribution in [0.1, 0.15) is 33.6 Å². The van der Waals surface area contributed by atoms with E-state index in [1.54, 1.807) is 0 Å². The molecule has 0 aliphatic carbocycles. The van der Waals surface area contributed by atoms with E-state index in [0.717, 1.165) is 29.5 Å². The SMILES string of the molecule is CC(C)(C)OC(=O)N1CCCC1CNc1ccc(Br)c(Cl)c1. The van der Waals surface area contributed by atoms with Gasteiger partial charge in [0.05, 0.1) is 11.1 Å². The molecule has 0 saturated carbocycles. The van der Waals surface area contributed by atoms with Crippen LogP contribution in [-0.4, -0.2) is 35.7 Å². The van der Waals surface area contributed by atoms with Gasteiger partial charge in [-0.2, -0.15) is 0 Å². The number of rotatable bonds is 3. The number of amides is 1. The molecule has 1 aromatic rings. The molecular weight excluding hydrogens is 368 g/mol. The molecule has 0 aromatic heterocycles. The number of halogens is 2. The summed E-state index contributed by atoms with van der Waals surface area (Å²) in [5.41, 5.74) is 0.487. The zero-order valence-corrected chi connectivity index (χ0v) is 15.5. The van der Waals surface area contributed by atoms with Gasteiger partial charge in [0.1, 0.15) is 5.60 Å². The molecule has 0 bridgehead atoms. The first-order valence-electron chi connectivity index (χ1n) is 7.45. The van der Waals surface area contributed by atoms with E-state index in [9.17, 15) is 4.79 Å². The molecule has 1 N–H and O–H groups in total. The molecule has 1 aliphatic heterocycles. The van der Waals surface area contributed by atoms with Crippen LogP contribution in [0.15, 0.2) is 22.7 Å². The van der Waals surface area contributed by atoms with Crippen molar-refractivity contribution in [3.8, 4) is 0 Å². The van der Waals surface area contributed by atoms with Crippen molar-refractivity contribution in [2.45, 2.75) is 45.3 Å². The van der Waals surface area contributed by atoms with Gasteiger partial charge >= 0.3 is 6.09 Å². The molecule has 1 unspecified atom stereocenters. The monoisotopic (exact) mass is 388 g/mol. The lowest BCUT2D eigenvalue weighted by Crippen LogP contribution is -2.42. The van der Waals surface area contributed by atoms with E-state index in [4.69, 9.17) is 16.3 Å². The highest BCUT2D eigenvalue weighted by molar-refractivity contribution is 9.10. The average Bonchev–Trinajstić information content (AvgIpc) is 2.87. The number of nitrogens with zero attached hydrogens (tertiary/aromatic N) is 1. The number of ether oxygens (including phenoxy) is 1. The van der Waals surface area contributed by atoms with Crippen LogP contribution in [0.4, 0.5) is 10.5 Å². The van der Waals surface area contributed by atoms with Crippen LogP contribution in [0, 0.1) is 0 Å². The minimum atomic E-state index is -0.461. The van der Waals surface area contributed by atoms with Gasteiger partial charge in [-0.3, -0.25) is 0 Å². The van der Waals surface area contributed by atoms with Crippen molar-refractivity contribution in [3.05, 3.63) is 27.7 Å². The van der Waals surface area contributed by atoms with Crippen molar-refractivity contribution in [2.75, 3.05) is 18.4 Å². The first kappa shape index (κ1) is 17.4. The van der Waals surface area contributed by atoms with Crippen LogP contribution in [0.25, 0.3) is 0 Å². The van der Waals surface area contributed by atoms with Crippen LogP contribution in [0.3, 0.4) is 0 Å². The third-order valence-corrected chi connectivity index (χ3v) is 4.70. The molecule has 1 fully saturated rings. The van der Waals surface area contributed by atoms with E-state index in [2.05, 4.69) is 21.2 Å². The quantitative estimate of drug-likeness (QED) is 0.798. The molecule has 1 amide bonds. The van der Waals surface area contributed by atoms with Gasteiger partial charge in [0.2, 0.25) is 0 Å². The predicted octanol–water partition coefficient (Wildman–Crippen LogP) is 4.91. The van der Waals surface area contributed by atoms with E-state index in [-0.39, 0.29) is 12.1 Å². The Morgan fingerprint density at radius 1 is 1.50 bits per heavy atom. The number of anilines is 1. The lowest BCUT2D eigenvalue weighted by molar-refractivity contribution is 0.0235. The maximum absolute atomic E-state index is 12.2. The number of carbonyl (C=O) groups is 1. The average molecular weight is 390 g/mol. The fourth-order valence-corrected chi connectivity index (χ4v) is 2.88. The Bertz CT molecular complexity index is 545. The predicted molar refractivity (Wildman–Crippen MR) is 93.6 cm³/mol. The fraction of sp³-hybridized carbons (Fsp3) is 0.562. The molecule has 1 aliphatic rings. The zero-order valence-electron chi connectivity index (χ0n) is 13.2. The van der Waals surface area contributed by atoms with E-state index in [0.29, 0.717) is 11.6 Å². The Morgan fingerprint density at radius 3 is 2.86 bits per heavy atom. The van der Waals surface area contributed by atoms with Crippen LogP contribution in [0.5, 0.6) is 0 Å². The summed E-state index contributed by atoms with van der Waals surface area (Å²) in [6, 6.07) is 5.89. The van der Waals surface area contributed by atoms with Gasteiger partial charge in [-0.25, -0.2) is 4.79 Å². The molecular formula is C16H22BrClN2O2. The van der Waals surface area contributed by atoms with E-state index < -0.39 is 5.60 Å². The van der Waals surface area contributed by atoms with E-state index in [1.165, 1.54) is 0 Å². The molecule has 122 valence electrons. The van der Waals surface area contributed by atoms with Gasteiger partial charge in [0, 0.05) is 23.2 Å². The summed E-state index contributed by atoms with van der Waals surface area (Å²) in [7, 11) is 0. The van der Waals surface area contributed by atoms with Crippen LogP contribution in [-0.2, 0) is 4.74 Å². The molecule has 0 spiro atoms. The lowest BCUT2D eigenvalue weighted by Gasteiger charge is -2.29. The molecule has 22 heavy (non-hydrogen) atoms. The summed E-state index contributed by atoms with van der Waals surface area (Å²) in [6.07, 6.45) is 1.76. The molecule has 6 heteroatoms. The smallest absolute Gasteiger partial charge is 0.410 e. The Hall–Kier alpha value is -0.940. The normalized spacial score (nSPS) is 18.4. The van der Waals surface area contributed by atoms with Gasteiger partial charge in [-0.05, 0) is 67.7 Å². The van der Waals surface area contributed by atoms with Crippen LogP contribution in [0.2, 0.25) is 5.02 Å². The first-order valence-corrected chi connectivity index (χ1v) is 8.62. The minimum absolute atomic E-state index is 0.150. The highest BCUT2D eigenvalue weighted by Gasteiger charge is 2.31. The molecule has 1 aromatic carbocycles. The number of hydrogen-bond donors (Lipinski definition) is 1. The maximum Gasteiger partial charge on any atom is 0.410 e. The van der Waals surface area contributed by atoms with Gasteiger partial charge in [-0.1, -0.05) is 11.6 Å². The molecule has 2 rings (SSSR count). The van der Waals surface area contributed by atoms with E-state index in [1.807, 2.05) is 43.9 Å². The standard InChI is InChI=1S/C16H22BrClN2O2/c1-16(2,3)22-15(21)20-8-4-5-12(20)10-19-11-6-7-13(17)14(18)9-11/h6-7,9,12,19H,4-5,8,10H2,1-3H3. The second kappa shape index (κ2) is 7.09. The summed E-state index contributed by atoms with van der Waals surface area (Å²) in [6.45, 7) is 7.10. The van der Waals surface area contributed by atoms with Gasteiger partial charge in [0.15, 0.2) is 0 Å². The molecule has 4 nitrogen and oxygen atoms in total. The molecule has 0 radical (unpaired) electrons. The Labute approximate surface area is 145 Å². The van der Waals surface area contributed by atoms with E-state index >= 15 is 0 Å². The van der Waals surface area contributed by atoms with Gasteiger partial charge in [-0.15, -0.1) is 0 Å². The summed E-state index contributed by atoms with van der Waals surface area (Å²) < 4.78 is 6.34. The van der Waals surface area contributed by atoms with Crippen molar-refractivity contribution in [3.63, 3.8) is 0 Å². The third-order valence-electron chi connectivity index (χ3n) is 3.47. The number of hydrogen-bond acceptors (Lipinski definition) is 3. The zero-order chi connectivity index (χ0) is 16.3. The van der Waals surface area contributed by atoms with Crippen molar-refractivity contribution in [1.29, 1.82) is 0 Å². The van der Waals surface area contributed by atoms with Crippen molar-refractivity contribution >= 4 is 39.3 Å².